The van der Waals surface area contributed by atoms with Crippen LogP contribution in [-0.2, 0) is 12.6 Å². The zero-order valence-corrected chi connectivity index (χ0v) is 21.1. The number of carbonyl (C=O) groups is 1. The van der Waals surface area contributed by atoms with E-state index in [-0.39, 0.29) is 5.69 Å². The summed E-state index contributed by atoms with van der Waals surface area (Å²) in [5.41, 5.74) is 1.88. The molecule has 10 heteroatoms. The Morgan fingerprint density at radius 1 is 1.00 bits per heavy atom. The standard InChI is InChI=1S/C27H30F3N5O2/c1-18-22(17-20-9-11-21(37-3)12-10-20)25(32-19(2)31-18)34-13-6-14-35(16-15-34)26(36)33-24-8-5-4-7-23(24)27(28,29)30/h4-5,7-12H,6,13-17H2,1-3H3,(H,33,36). The number of amides is 2. The molecule has 0 bridgehead atoms. The lowest BCUT2D eigenvalue weighted by molar-refractivity contribution is -0.136. The predicted molar refractivity (Wildman–Crippen MR) is 136 cm³/mol. The van der Waals surface area contributed by atoms with Crippen LogP contribution in [0.1, 0.15) is 34.6 Å². The van der Waals surface area contributed by atoms with Crippen LogP contribution in [0.5, 0.6) is 5.75 Å². The smallest absolute Gasteiger partial charge is 0.418 e. The number of benzene rings is 2. The van der Waals surface area contributed by atoms with Crippen LogP contribution in [0.15, 0.2) is 48.5 Å². The molecule has 1 saturated heterocycles. The molecule has 3 aromatic rings. The second kappa shape index (κ2) is 11.1. The first-order valence-corrected chi connectivity index (χ1v) is 12.1. The predicted octanol–water partition coefficient (Wildman–Crippen LogP) is 5.46. The molecule has 1 N–H and O–H groups in total. The number of aromatic nitrogens is 2. The maximum absolute atomic E-state index is 13.4. The van der Waals surface area contributed by atoms with Gasteiger partial charge in [0.05, 0.1) is 18.4 Å². The number of nitrogens with zero attached hydrogens (tertiary/aromatic N) is 4. The van der Waals surface area contributed by atoms with Crippen molar-refractivity contribution in [3.8, 4) is 5.75 Å². The van der Waals surface area contributed by atoms with Gasteiger partial charge in [0.2, 0.25) is 0 Å². The third kappa shape index (κ3) is 6.31. The summed E-state index contributed by atoms with van der Waals surface area (Å²) < 4.78 is 45.3. The Labute approximate surface area is 214 Å². The maximum Gasteiger partial charge on any atom is 0.418 e. The molecule has 196 valence electrons. The average Bonchev–Trinajstić information content (AvgIpc) is 3.12. The summed E-state index contributed by atoms with van der Waals surface area (Å²) in [6.07, 6.45) is -3.26. The number of alkyl halides is 3. The fraction of sp³-hybridized carbons (Fsp3) is 0.370. The van der Waals surface area contributed by atoms with E-state index < -0.39 is 17.8 Å². The van der Waals surface area contributed by atoms with Crippen molar-refractivity contribution in [1.82, 2.24) is 14.9 Å². The lowest BCUT2D eigenvalue weighted by atomic mass is 10.0. The van der Waals surface area contributed by atoms with Gasteiger partial charge in [-0.2, -0.15) is 13.2 Å². The highest BCUT2D eigenvalue weighted by molar-refractivity contribution is 5.90. The summed E-state index contributed by atoms with van der Waals surface area (Å²) in [5, 5.41) is 2.45. The fourth-order valence-corrected chi connectivity index (χ4v) is 4.50. The Balaban J connectivity index is 1.50. The molecule has 2 aromatic carbocycles. The van der Waals surface area contributed by atoms with Crippen LogP contribution in [0, 0.1) is 13.8 Å². The molecule has 0 saturated carbocycles. The van der Waals surface area contributed by atoms with Gasteiger partial charge in [0.1, 0.15) is 17.4 Å². The normalized spacial score (nSPS) is 14.3. The minimum atomic E-state index is -4.55. The van der Waals surface area contributed by atoms with Gasteiger partial charge >= 0.3 is 12.2 Å². The molecule has 7 nitrogen and oxygen atoms in total. The van der Waals surface area contributed by atoms with E-state index in [0.29, 0.717) is 44.8 Å². The number of carbonyl (C=O) groups excluding carboxylic acids is 1. The summed E-state index contributed by atoms with van der Waals surface area (Å²) in [6, 6.07) is 12.3. The van der Waals surface area contributed by atoms with Gasteiger partial charge < -0.3 is 19.9 Å². The molecule has 0 unspecified atom stereocenters. The first-order chi connectivity index (χ1) is 17.7. The number of hydrogen-bond acceptors (Lipinski definition) is 5. The number of para-hydroxylation sites is 1. The van der Waals surface area contributed by atoms with Crippen LogP contribution in [0.4, 0.5) is 29.5 Å². The van der Waals surface area contributed by atoms with Gasteiger partial charge in [-0.15, -0.1) is 0 Å². The Kier molecular flexibility index (Phi) is 7.85. The zero-order chi connectivity index (χ0) is 26.6. The molecule has 1 aromatic heterocycles. The van der Waals surface area contributed by atoms with E-state index in [4.69, 9.17) is 9.72 Å². The van der Waals surface area contributed by atoms with Gasteiger partial charge in [-0.25, -0.2) is 14.8 Å². The van der Waals surface area contributed by atoms with E-state index in [1.807, 2.05) is 38.1 Å². The molecule has 0 aliphatic carbocycles. The van der Waals surface area contributed by atoms with Gasteiger partial charge in [0.25, 0.3) is 0 Å². The Morgan fingerprint density at radius 2 is 1.73 bits per heavy atom. The fourth-order valence-electron chi connectivity index (χ4n) is 4.50. The highest BCUT2D eigenvalue weighted by Gasteiger charge is 2.34. The van der Waals surface area contributed by atoms with E-state index >= 15 is 0 Å². The molecule has 1 fully saturated rings. The van der Waals surface area contributed by atoms with Gasteiger partial charge in [-0.05, 0) is 50.1 Å². The number of rotatable bonds is 5. The largest absolute Gasteiger partial charge is 0.497 e. The number of urea groups is 1. The van der Waals surface area contributed by atoms with Crippen molar-refractivity contribution in [3.63, 3.8) is 0 Å². The van der Waals surface area contributed by atoms with Gasteiger partial charge in [0, 0.05) is 43.9 Å². The molecule has 0 atom stereocenters. The number of anilines is 2. The van der Waals surface area contributed by atoms with Crippen LogP contribution in [0.25, 0.3) is 0 Å². The third-order valence-corrected chi connectivity index (χ3v) is 6.40. The second-order valence-corrected chi connectivity index (χ2v) is 8.98. The summed E-state index contributed by atoms with van der Waals surface area (Å²) in [5.74, 6) is 2.27. The minimum Gasteiger partial charge on any atom is -0.497 e. The molecule has 37 heavy (non-hydrogen) atoms. The number of ether oxygens (including phenoxy) is 1. The minimum absolute atomic E-state index is 0.245. The molecular formula is C27H30F3N5O2. The SMILES string of the molecule is COc1ccc(Cc2c(C)nc(C)nc2N2CCCN(C(=O)Nc3ccccc3C(F)(F)F)CC2)cc1. The summed E-state index contributed by atoms with van der Waals surface area (Å²) >= 11 is 0. The highest BCUT2D eigenvalue weighted by Crippen LogP contribution is 2.34. The molecule has 2 amide bonds. The Hall–Kier alpha value is -3.82. The lowest BCUT2D eigenvalue weighted by Gasteiger charge is -2.26. The second-order valence-electron chi connectivity index (χ2n) is 8.98. The topological polar surface area (TPSA) is 70.6 Å². The molecule has 0 radical (unpaired) electrons. The molecule has 2 heterocycles. The van der Waals surface area contributed by atoms with Gasteiger partial charge in [-0.1, -0.05) is 24.3 Å². The van der Waals surface area contributed by atoms with Crippen molar-refractivity contribution >= 4 is 17.5 Å². The van der Waals surface area contributed by atoms with Crippen LogP contribution in [0.2, 0.25) is 0 Å². The number of halogens is 3. The summed E-state index contributed by atoms with van der Waals surface area (Å²) in [4.78, 5) is 25.9. The number of nitrogens with one attached hydrogen (secondary N) is 1. The number of aryl methyl sites for hydroxylation is 2. The van der Waals surface area contributed by atoms with Gasteiger partial charge in [0.15, 0.2) is 0 Å². The number of methoxy groups -OCH3 is 1. The van der Waals surface area contributed by atoms with Crippen molar-refractivity contribution in [1.29, 1.82) is 0 Å². The van der Waals surface area contributed by atoms with E-state index in [9.17, 15) is 18.0 Å². The number of hydrogen-bond donors (Lipinski definition) is 1. The Morgan fingerprint density at radius 3 is 2.43 bits per heavy atom. The molecule has 0 spiro atoms. The monoisotopic (exact) mass is 513 g/mol. The van der Waals surface area contributed by atoms with E-state index in [0.717, 1.165) is 34.5 Å². The molecular weight excluding hydrogens is 483 g/mol. The van der Waals surface area contributed by atoms with Crippen LogP contribution < -0.4 is 15.0 Å². The van der Waals surface area contributed by atoms with E-state index in [1.54, 1.807) is 12.0 Å². The zero-order valence-electron chi connectivity index (χ0n) is 21.1. The van der Waals surface area contributed by atoms with Crippen LogP contribution >= 0.6 is 0 Å². The summed E-state index contributed by atoms with van der Waals surface area (Å²) in [6.45, 7) is 5.75. The van der Waals surface area contributed by atoms with Crippen molar-refractivity contribution in [2.75, 3.05) is 43.5 Å². The first kappa shape index (κ1) is 26.2. The van der Waals surface area contributed by atoms with Gasteiger partial charge in [-0.3, -0.25) is 0 Å². The van der Waals surface area contributed by atoms with Crippen LogP contribution in [-0.4, -0.2) is 54.2 Å². The van der Waals surface area contributed by atoms with E-state index in [1.165, 1.54) is 18.2 Å². The maximum atomic E-state index is 13.4. The lowest BCUT2D eigenvalue weighted by Crippen LogP contribution is -2.38. The quantitative estimate of drug-likeness (QED) is 0.491. The molecule has 1 aliphatic rings. The third-order valence-electron chi connectivity index (χ3n) is 6.40. The summed E-state index contributed by atoms with van der Waals surface area (Å²) in [7, 11) is 1.63. The van der Waals surface area contributed by atoms with Crippen molar-refractivity contribution in [2.45, 2.75) is 32.9 Å². The molecule has 4 rings (SSSR count). The van der Waals surface area contributed by atoms with Crippen LogP contribution in [0.3, 0.4) is 0 Å². The van der Waals surface area contributed by atoms with E-state index in [2.05, 4.69) is 15.2 Å². The highest BCUT2D eigenvalue weighted by atomic mass is 19.4. The molecule has 1 aliphatic heterocycles. The first-order valence-electron chi connectivity index (χ1n) is 12.1. The Bertz CT molecular complexity index is 1250. The van der Waals surface area contributed by atoms with Crippen molar-refractivity contribution in [3.05, 3.63) is 76.7 Å². The van der Waals surface area contributed by atoms with Crippen molar-refractivity contribution in [2.24, 2.45) is 0 Å². The van der Waals surface area contributed by atoms with Crippen molar-refractivity contribution < 1.29 is 22.7 Å². The average molecular weight is 514 g/mol.